The minimum Gasteiger partial charge on any atom is -0.198 e. The number of aromatic nitrogens is 1. The molecule has 0 radical (unpaired) electrons. The van der Waals surface area contributed by atoms with Gasteiger partial charge >= 0.3 is 0 Å². The molecule has 0 spiro atoms. The lowest BCUT2D eigenvalue weighted by Gasteiger charge is -2.33. The second-order valence-corrected chi connectivity index (χ2v) is 16.0. The average Bonchev–Trinajstić information content (AvgIpc) is 3.19. The molecule has 0 amide bonds. The van der Waals surface area contributed by atoms with Gasteiger partial charge in [-0.05, 0) is 84.7 Å². The molecule has 1 nitrogen and oxygen atoms in total. The predicted molar refractivity (Wildman–Crippen MR) is 131 cm³/mol. The standard InChI is InChI=1S/C28H36NSi/c1-19-15-22-7-6-8-23(22)18-27(19)28-26-10-9-24(17-25(26)16-20(2)29(28)3)21-11-13-30(4,5)14-12-21/h9-10,15-18,21H,6-8,11-14H2,1-5H3/q+1/i16D. The van der Waals surface area contributed by atoms with E-state index in [0.29, 0.717) is 12.0 Å². The Labute approximate surface area is 184 Å². The van der Waals surface area contributed by atoms with Crippen molar-refractivity contribution in [3.05, 3.63) is 64.3 Å². The number of benzene rings is 2. The Morgan fingerprint density at radius 3 is 2.43 bits per heavy atom. The normalized spacial score (nSPS) is 19.2. The summed E-state index contributed by atoms with van der Waals surface area (Å²) >= 11 is 0. The molecule has 1 fully saturated rings. The highest BCUT2D eigenvalue weighted by molar-refractivity contribution is 6.77. The molecule has 2 aliphatic rings. The summed E-state index contributed by atoms with van der Waals surface area (Å²) in [4.78, 5) is 0. The highest BCUT2D eigenvalue weighted by Crippen LogP contribution is 2.40. The van der Waals surface area contributed by atoms with Crippen molar-refractivity contribution in [1.29, 1.82) is 0 Å². The molecule has 3 aromatic rings. The number of hydrogen-bond acceptors (Lipinski definition) is 0. The SMILES string of the molecule is [2H]c1c(C)[n+](C)c(-c2cc3c(cc2C)CCC3)c2ccc(C3CC[Si](C)(C)CC3)cc12. The van der Waals surface area contributed by atoms with E-state index >= 15 is 0 Å². The van der Waals surface area contributed by atoms with Gasteiger partial charge < -0.3 is 0 Å². The largest absolute Gasteiger partial charge is 0.220 e. The Balaban J connectivity index is 1.67. The van der Waals surface area contributed by atoms with Crippen LogP contribution in [0.15, 0.2) is 36.4 Å². The fraction of sp³-hybridized carbons (Fsp3) is 0.464. The predicted octanol–water partition coefficient (Wildman–Crippen LogP) is 7.02. The lowest BCUT2D eigenvalue weighted by Crippen LogP contribution is -2.35. The fourth-order valence-corrected chi connectivity index (χ4v) is 8.32. The summed E-state index contributed by atoms with van der Waals surface area (Å²) in [6, 6.07) is 15.5. The van der Waals surface area contributed by atoms with Gasteiger partial charge in [0.15, 0.2) is 5.69 Å². The van der Waals surface area contributed by atoms with E-state index in [0.717, 1.165) is 11.1 Å². The van der Waals surface area contributed by atoms with Gasteiger partial charge in [0.1, 0.15) is 7.05 Å². The van der Waals surface area contributed by atoms with Crippen LogP contribution in [0.5, 0.6) is 0 Å². The van der Waals surface area contributed by atoms with Crippen molar-refractivity contribution in [2.75, 3.05) is 0 Å². The molecule has 1 saturated heterocycles. The van der Waals surface area contributed by atoms with Crippen molar-refractivity contribution in [3.63, 3.8) is 0 Å². The number of rotatable bonds is 2. The van der Waals surface area contributed by atoms with Crippen LogP contribution >= 0.6 is 0 Å². The topological polar surface area (TPSA) is 3.88 Å². The van der Waals surface area contributed by atoms with Gasteiger partial charge in [-0.25, -0.2) is 0 Å². The number of pyridine rings is 1. The van der Waals surface area contributed by atoms with E-state index in [1.54, 1.807) is 0 Å². The van der Waals surface area contributed by atoms with Gasteiger partial charge in [-0.2, -0.15) is 4.57 Å². The Morgan fingerprint density at radius 1 is 1.00 bits per heavy atom. The second kappa shape index (κ2) is 7.34. The summed E-state index contributed by atoms with van der Waals surface area (Å²) in [7, 11) is 1.18. The van der Waals surface area contributed by atoms with Crippen molar-refractivity contribution in [2.24, 2.45) is 7.05 Å². The third kappa shape index (κ3) is 3.43. The van der Waals surface area contributed by atoms with Gasteiger partial charge in [-0.1, -0.05) is 43.4 Å². The van der Waals surface area contributed by atoms with E-state index in [2.05, 4.69) is 68.9 Å². The first-order valence-electron chi connectivity index (χ1n) is 12.3. The minimum absolute atomic E-state index is 0.670. The summed E-state index contributed by atoms with van der Waals surface area (Å²) in [5, 5.41) is 2.36. The number of hydrogen-bond donors (Lipinski definition) is 0. The van der Waals surface area contributed by atoms with E-state index in [1.165, 1.54) is 83.1 Å². The third-order valence-corrected chi connectivity index (χ3v) is 11.2. The van der Waals surface area contributed by atoms with Crippen LogP contribution in [0, 0.1) is 13.8 Å². The summed E-state index contributed by atoms with van der Waals surface area (Å²) in [6.07, 6.45) is 6.35. The van der Waals surface area contributed by atoms with Crippen molar-refractivity contribution >= 4 is 18.8 Å². The highest BCUT2D eigenvalue weighted by atomic mass is 28.3. The first kappa shape index (κ1) is 18.8. The van der Waals surface area contributed by atoms with E-state index in [1.807, 2.05) is 0 Å². The maximum atomic E-state index is 8.92. The number of nitrogens with zero attached hydrogens (tertiary/aromatic N) is 1. The van der Waals surface area contributed by atoms with Crippen LogP contribution < -0.4 is 4.57 Å². The summed E-state index contributed by atoms with van der Waals surface area (Å²) in [6.45, 7) is 9.45. The van der Waals surface area contributed by atoms with E-state index in [4.69, 9.17) is 1.37 Å². The molecule has 2 aromatic carbocycles. The monoisotopic (exact) mass is 415 g/mol. The maximum absolute atomic E-state index is 8.92. The van der Waals surface area contributed by atoms with E-state index in [9.17, 15) is 0 Å². The summed E-state index contributed by atoms with van der Waals surface area (Å²) in [5.74, 6) is 0.670. The Bertz CT molecular complexity index is 1180. The molecule has 5 rings (SSSR count). The molecule has 0 bridgehead atoms. The Kier molecular flexibility index (Phi) is 4.60. The van der Waals surface area contributed by atoms with Crippen LogP contribution in [0.2, 0.25) is 25.2 Å². The van der Waals surface area contributed by atoms with E-state index in [-0.39, 0.29) is 0 Å². The van der Waals surface area contributed by atoms with Gasteiger partial charge in [-0.15, -0.1) is 0 Å². The molecular formula is C28H36NSi+. The van der Waals surface area contributed by atoms with Crippen LogP contribution in [0.25, 0.3) is 22.0 Å². The van der Waals surface area contributed by atoms with Crippen LogP contribution in [0.4, 0.5) is 0 Å². The van der Waals surface area contributed by atoms with Gasteiger partial charge in [0.05, 0.1) is 12.3 Å². The van der Waals surface area contributed by atoms with Crippen LogP contribution in [-0.4, -0.2) is 8.07 Å². The lowest BCUT2D eigenvalue weighted by atomic mass is 9.90. The third-order valence-electron chi connectivity index (χ3n) is 7.96. The molecule has 30 heavy (non-hydrogen) atoms. The zero-order valence-electron chi connectivity index (χ0n) is 20.4. The van der Waals surface area contributed by atoms with Crippen LogP contribution in [0.1, 0.15) is 54.5 Å². The summed E-state index contributed by atoms with van der Waals surface area (Å²) < 4.78 is 11.2. The van der Waals surface area contributed by atoms with Gasteiger partial charge in [-0.3, -0.25) is 0 Å². The van der Waals surface area contributed by atoms with E-state index < -0.39 is 8.07 Å². The van der Waals surface area contributed by atoms with Gasteiger partial charge in [0.25, 0.3) is 0 Å². The van der Waals surface area contributed by atoms with Crippen molar-refractivity contribution in [2.45, 2.75) is 77.1 Å². The maximum Gasteiger partial charge on any atom is 0.220 e. The van der Waals surface area contributed by atoms with Crippen molar-refractivity contribution in [3.8, 4) is 11.3 Å². The number of fused-ring (bicyclic) bond motifs is 2. The van der Waals surface area contributed by atoms with Crippen LogP contribution in [0.3, 0.4) is 0 Å². The molecule has 0 unspecified atom stereocenters. The Hall–Kier alpha value is -1.93. The molecule has 0 atom stereocenters. The minimum atomic E-state index is -0.955. The lowest BCUT2D eigenvalue weighted by molar-refractivity contribution is -0.665. The smallest absolute Gasteiger partial charge is 0.198 e. The molecule has 0 saturated carbocycles. The molecule has 1 aliphatic heterocycles. The molecule has 1 aromatic heterocycles. The van der Waals surface area contributed by atoms with Gasteiger partial charge in [0.2, 0.25) is 5.69 Å². The van der Waals surface area contributed by atoms with Crippen molar-refractivity contribution < 1.29 is 5.94 Å². The van der Waals surface area contributed by atoms with Crippen molar-refractivity contribution in [1.82, 2.24) is 0 Å². The fourth-order valence-electron chi connectivity index (χ4n) is 5.81. The molecule has 2 heteroatoms. The average molecular weight is 416 g/mol. The number of aryl methyl sites for hydroxylation is 3. The molecule has 1 aliphatic carbocycles. The van der Waals surface area contributed by atoms with Gasteiger partial charge in [0, 0.05) is 21.0 Å². The zero-order valence-corrected chi connectivity index (χ0v) is 20.4. The van der Waals surface area contributed by atoms with Crippen LogP contribution in [-0.2, 0) is 19.9 Å². The quantitative estimate of drug-likeness (QED) is 0.313. The molecule has 156 valence electrons. The first-order valence-corrected chi connectivity index (χ1v) is 15.2. The zero-order chi connectivity index (χ0) is 21.9. The molecule has 0 N–H and O–H groups in total. The molecule has 2 heterocycles. The Morgan fingerprint density at radius 2 is 1.70 bits per heavy atom. The first-order chi connectivity index (χ1) is 14.7. The second-order valence-electron chi connectivity index (χ2n) is 10.7. The molecular weight excluding hydrogens is 378 g/mol. The summed E-state index contributed by atoms with van der Waals surface area (Å²) in [5.41, 5.74) is 9.54. The highest BCUT2D eigenvalue weighted by Gasteiger charge is 2.30.